The summed E-state index contributed by atoms with van der Waals surface area (Å²) in [6.07, 6.45) is 3.04. The predicted molar refractivity (Wildman–Crippen MR) is 247 cm³/mol. The Kier molecular flexibility index (Phi) is 13.0. The molecule has 3 aromatic heterocycles. The van der Waals surface area contributed by atoms with Gasteiger partial charge in [0.05, 0.1) is 23.2 Å². The van der Waals surface area contributed by atoms with Gasteiger partial charge in [0.25, 0.3) is 11.8 Å². The normalized spacial score (nSPS) is 13.8. The summed E-state index contributed by atoms with van der Waals surface area (Å²) < 4.78 is 15.3. The molecule has 0 aliphatic carbocycles. The number of aryl methyl sites for hydroxylation is 2. The first-order valence-corrected chi connectivity index (χ1v) is 22.1. The molecule has 11 nitrogen and oxygen atoms in total. The molecule has 0 unspecified atom stereocenters. The quantitative estimate of drug-likeness (QED) is 0.0803. The van der Waals surface area contributed by atoms with Crippen LogP contribution in [0.2, 0.25) is 5.02 Å². The topological polar surface area (TPSA) is 143 Å². The highest BCUT2D eigenvalue weighted by Crippen LogP contribution is 2.40. The molecular formula is C47H50ClFN8O3S2. The van der Waals surface area contributed by atoms with Crippen LogP contribution in [0.4, 0.5) is 4.39 Å². The number of thiophene rings is 1. The Morgan fingerprint density at radius 3 is 2.31 bits per heavy atom. The zero-order valence-electron chi connectivity index (χ0n) is 35.8. The van der Waals surface area contributed by atoms with Gasteiger partial charge in [0.2, 0.25) is 5.91 Å². The van der Waals surface area contributed by atoms with Crippen LogP contribution in [-0.4, -0.2) is 56.3 Å². The van der Waals surface area contributed by atoms with Gasteiger partial charge in [-0.2, -0.15) is 0 Å². The summed E-state index contributed by atoms with van der Waals surface area (Å²) in [6.45, 7) is 15.8. The molecular weight excluding hydrogens is 843 g/mol. The molecule has 322 valence electrons. The molecule has 62 heavy (non-hydrogen) atoms. The minimum Gasteiger partial charge on any atom is -0.355 e. The number of thiol groups is 1. The van der Waals surface area contributed by atoms with E-state index < -0.39 is 6.04 Å². The monoisotopic (exact) mass is 892 g/mol. The van der Waals surface area contributed by atoms with Crippen molar-refractivity contribution in [3.63, 3.8) is 0 Å². The number of hydrogen-bond donors (Lipinski definition) is 4. The summed E-state index contributed by atoms with van der Waals surface area (Å²) >= 11 is 12.5. The van der Waals surface area contributed by atoms with E-state index in [1.54, 1.807) is 41.7 Å². The van der Waals surface area contributed by atoms with Crippen LogP contribution in [0.1, 0.15) is 112 Å². The molecule has 3 N–H and O–H groups in total. The fraction of sp³-hybridized carbons (Fsp3) is 0.340. The molecule has 0 fully saturated rings. The number of rotatable bonds is 14. The standard InChI is InChI=1S/C47H50ClFN8O3S2/c1-26-27(2)62-45-39(26)41(30-10-12-34(48)13-11-30)54-36(42-56-55-28(3)57(42)45)21-38(58)53-25-47(6,7)24-46(4,5)16-17-50-43(59)32-18-31-19-33(23-51-40(31)37(61)20-32)44(60)52-22-29-8-14-35(49)15-9-29/h8-15,18-20,23,36,61H,16-17,21-22,24-25H2,1-7H3,(H,50,59)(H,52,60)(H,53,58)/t36-/m0/s1. The molecule has 1 atom stereocenters. The molecule has 0 saturated heterocycles. The lowest BCUT2D eigenvalue weighted by Gasteiger charge is -2.35. The van der Waals surface area contributed by atoms with Crippen molar-refractivity contribution in [2.24, 2.45) is 15.8 Å². The molecule has 15 heteroatoms. The number of benzene rings is 3. The van der Waals surface area contributed by atoms with Crippen molar-refractivity contribution in [2.75, 3.05) is 13.1 Å². The van der Waals surface area contributed by atoms with E-state index in [0.29, 0.717) is 57.3 Å². The van der Waals surface area contributed by atoms with E-state index in [-0.39, 0.29) is 47.3 Å². The third-order valence-corrected chi connectivity index (χ3v) is 13.0. The third-order valence-electron chi connectivity index (χ3n) is 11.2. The Morgan fingerprint density at radius 2 is 1.58 bits per heavy atom. The van der Waals surface area contributed by atoms with E-state index in [1.165, 1.54) is 23.2 Å². The number of carbonyl (C=O) groups excluding carboxylic acids is 3. The van der Waals surface area contributed by atoms with Crippen molar-refractivity contribution in [3.05, 3.63) is 134 Å². The molecule has 0 bridgehead atoms. The fourth-order valence-corrected chi connectivity index (χ4v) is 9.82. The van der Waals surface area contributed by atoms with Crippen LogP contribution in [0.15, 0.2) is 82.8 Å². The van der Waals surface area contributed by atoms with Gasteiger partial charge in [-0.3, -0.25) is 28.9 Å². The number of fused-ring (bicyclic) bond motifs is 4. The maximum atomic E-state index is 13.8. The fourth-order valence-electron chi connectivity index (χ4n) is 8.15. The highest BCUT2D eigenvalue weighted by atomic mass is 35.5. The first-order chi connectivity index (χ1) is 29.4. The second-order valence-electron chi connectivity index (χ2n) is 17.5. The lowest BCUT2D eigenvalue weighted by Crippen LogP contribution is -2.38. The Morgan fingerprint density at radius 1 is 0.887 bits per heavy atom. The van der Waals surface area contributed by atoms with Crippen LogP contribution in [0.25, 0.3) is 15.9 Å². The molecule has 3 aromatic carbocycles. The van der Waals surface area contributed by atoms with E-state index in [9.17, 15) is 18.8 Å². The van der Waals surface area contributed by atoms with E-state index >= 15 is 0 Å². The van der Waals surface area contributed by atoms with Crippen molar-refractivity contribution < 1.29 is 18.8 Å². The van der Waals surface area contributed by atoms with Crippen LogP contribution in [0.5, 0.6) is 0 Å². The third kappa shape index (κ3) is 10.1. The van der Waals surface area contributed by atoms with Crippen molar-refractivity contribution in [3.8, 4) is 5.00 Å². The molecule has 1 aliphatic rings. The van der Waals surface area contributed by atoms with Crippen molar-refractivity contribution in [2.45, 2.75) is 85.2 Å². The lowest BCUT2D eigenvalue weighted by molar-refractivity contribution is -0.122. The van der Waals surface area contributed by atoms with Gasteiger partial charge in [0.1, 0.15) is 22.7 Å². The summed E-state index contributed by atoms with van der Waals surface area (Å²) in [7, 11) is 0. The van der Waals surface area contributed by atoms with Gasteiger partial charge >= 0.3 is 0 Å². The molecule has 7 rings (SSSR count). The Bertz CT molecular complexity index is 2710. The molecule has 0 radical (unpaired) electrons. The Labute approximate surface area is 375 Å². The van der Waals surface area contributed by atoms with E-state index in [0.717, 1.165) is 45.2 Å². The summed E-state index contributed by atoms with van der Waals surface area (Å²) in [6, 6.07) is 18.0. The van der Waals surface area contributed by atoms with E-state index in [4.69, 9.17) is 16.6 Å². The number of nitrogens with zero attached hydrogens (tertiary/aromatic N) is 5. The van der Waals surface area contributed by atoms with Crippen molar-refractivity contribution >= 4 is 69.9 Å². The SMILES string of the molecule is Cc1sc2c(c1C)C(c1ccc(Cl)cc1)=N[C@@H](CC(=O)NCC(C)(C)CC(C)(C)CCNC(=O)c1cc(S)c3ncc(C(=O)NCc4ccc(F)cc4)cc3c1)c1nnc(C)n1-2. The number of amides is 3. The average Bonchev–Trinajstić information content (AvgIpc) is 3.70. The highest BCUT2D eigenvalue weighted by molar-refractivity contribution is 7.80. The summed E-state index contributed by atoms with van der Waals surface area (Å²) in [5, 5.41) is 20.3. The molecule has 1 aliphatic heterocycles. The van der Waals surface area contributed by atoms with Crippen LogP contribution in [0.3, 0.4) is 0 Å². The molecule has 0 spiro atoms. The second-order valence-corrected chi connectivity index (χ2v) is 19.6. The van der Waals surface area contributed by atoms with Gasteiger partial charge in [0.15, 0.2) is 5.82 Å². The maximum absolute atomic E-state index is 13.8. The lowest BCUT2D eigenvalue weighted by atomic mass is 9.73. The zero-order valence-corrected chi connectivity index (χ0v) is 38.3. The number of aliphatic imine (C=N–C) groups is 1. The van der Waals surface area contributed by atoms with Crippen LogP contribution in [0, 0.1) is 37.4 Å². The first-order valence-electron chi connectivity index (χ1n) is 20.4. The van der Waals surface area contributed by atoms with Gasteiger partial charge in [-0.1, -0.05) is 63.6 Å². The molecule has 0 saturated carbocycles. The summed E-state index contributed by atoms with van der Waals surface area (Å²) in [4.78, 5) is 51.5. The summed E-state index contributed by atoms with van der Waals surface area (Å²) in [5.41, 5.74) is 5.46. The van der Waals surface area contributed by atoms with E-state index in [2.05, 4.69) is 85.3 Å². The highest BCUT2D eigenvalue weighted by Gasteiger charge is 2.34. The predicted octanol–water partition coefficient (Wildman–Crippen LogP) is 9.47. The maximum Gasteiger partial charge on any atom is 0.253 e. The Balaban J connectivity index is 0.955. The zero-order chi connectivity index (χ0) is 44.5. The van der Waals surface area contributed by atoms with Gasteiger partial charge in [-0.25, -0.2) is 4.39 Å². The van der Waals surface area contributed by atoms with Crippen molar-refractivity contribution in [1.29, 1.82) is 0 Å². The van der Waals surface area contributed by atoms with Gasteiger partial charge in [-0.05, 0) is 98.0 Å². The molecule has 6 aromatic rings. The van der Waals surface area contributed by atoms with Crippen molar-refractivity contribution in [1.82, 2.24) is 35.7 Å². The number of carbonyl (C=O) groups is 3. The van der Waals surface area contributed by atoms with Gasteiger partial charge in [0, 0.05) is 62.7 Å². The minimum atomic E-state index is -0.567. The van der Waals surface area contributed by atoms with Gasteiger partial charge < -0.3 is 16.0 Å². The smallest absolute Gasteiger partial charge is 0.253 e. The second kappa shape index (κ2) is 18.1. The van der Waals surface area contributed by atoms with E-state index in [1.807, 2.05) is 35.8 Å². The van der Waals surface area contributed by atoms with Crippen LogP contribution in [-0.2, 0) is 11.3 Å². The number of hydrogen-bond acceptors (Lipinski definition) is 9. The summed E-state index contributed by atoms with van der Waals surface area (Å²) in [5.74, 6) is 0.278. The molecule has 3 amide bonds. The number of halogens is 2. The Hall–Kier alpha value is -5.44. The minimum absolute atomic E-state index is 0.0958. The number of pyridine rings is 1. The number of aromatic nitrogens is 4. The average molecular weight is 894 g/mol. The van der Waals surface area contributed by atoms with Crippen LogP contribution >= 0.6 is 35.6 Å². The molecule has 4 heterocycles. The first kappa shape index (κ1) is 44.6. The number of nitrogens with one attached hydrogen (secondary N) is 3. The van der Waals surface area contributed by atoms with Crippen LogP contribution < -0.4 is 16.0 Å². The largest absolute Gasteiger partial charge is 0.355 e. The van der Waals surface area contributed by atoms with Gasteiger partial charge in [-0.15, -0.1) is 34.2 Å².